The lowest BCUT2D eigenvalue weighted by Crippen LogP contribution is -2.30. The molecular formula is C27H33ClF3N3O3. The largest absolute Gasteiger partial charge is 0.490 e. The van der Waals surface area contributed by atoms with Gasteiger partial charge in [-0.25, -0.2) is 4.79 Å². The van der Waals surface area contributed by atoms with Crippen molar-refractivity contribution in [3.63, 3.8) is 0 Å². The summed E-state index contributed by atoms with van der Waals surface area (Å²) >= 11 is 6.88. The second-order valence-corrected chi connectivity index (χ2v) is 9.03. The Morgan fingerprint density at radius 2 is 1.65 bits per heavy atom. The Kier molecular flexibility index (Phi) is 11.8. The molecule has 6 nitrogen and oxygen atoms in total. The zero-order chi connectivity index (χ0) is 27.6. The van der Waals surface area contributed by atoms with Gasteiger partial charge in [-0.2, -0.15) is 13.2 Å². The number of carbonyl (C=O) groups is 2. The number of carbonyl (C=O) groups excluding carboxylic acids is 1. The summed E-state index contributed by atoms with van der Waals surface area (Å²) in [5.41, 5.74) is 13.6. The van der Waals surface area contributed by atoms with Gasteiger partial charge in [0.05, 0.1) is 11.1 Å². The molecule has 0 radical (unpaired) electrons. The molecule has 0 amide bonds. The summed E-state index contributed by atoms with van der Waals surface area (Å²) < 4.78 is 31.7. The predicted octanol–water partition coefficient (Wildman–Crippen LogP) is 5.81. The van der Waals surface area contributed by atoms with Crippen molar-refractivity contribution >= 4 is 44.9 Å². The Morgan fingerprint density at radius 3 is 2.24 bits per heavy atom. The summed E-state index contributed by atoms with van der Waals surface area (Å²) in [4.78, 5) is 22.1. The molecule has 0 aromatic heterocycles. The van der Waals surface area contributed by atoms with Crippen LogP contribution in [0.2, 0.25) is 5.02 Å². The molecule has 3 rings (SSSR count). The van der Waals surface area contributed by atoms with E-state index in [9.17, 15) is 18.0 Å². The predicted molar refractivity (Wildman–Crippen MR) is 142 cm³/mol. The quantitative estimate of drug-likeness (QED) is 0.139. The molecule has 0 bridgehead atoms. The molecule has 0 aliphatic carbocycles. The van der Waals surface area contributed by atoms with Crippen molar-refractivity contribution in [2.75, 3.05) is 13.1 Å². The number of ketones is 1. The first-order chi connectivity index (χ1) is 17.5. The van der Waals surface area contributed by atoms with Gasteiger partial charge in [0.15, 0.2) is 5.78 Å². The van der Waals surface area contributed by atoms with Crippen LogP contribution in [0.5, 0.6) is 0 Å². The van der Waals surface area contributed by atoms with Crippen LogP contribution in [-0.2, 0) is 11.3 Å². The fourth-order valence-electron chi connectivity index (χ4n) is 4.01. The summed E-state index contributed by atoms with van der Waals surface area (Å²) in [7, 11) is 0. The number of alkyl halides is 3. The van der Waals surface area contributed by atoms with E-state index >= 15 is 0 Å². The van der Waals surface area contributed by atoms with Crippen molar-refractivity contribution in [2.45, 2.75) is 57.8 Å². The van der Waals surface area contributed by atoms with Gasteiger partial charge in [0.2, 0.25) is 0 Å². The summed E-state index contributed by atoms with van der Waals surface area (Å²) in [5.74, 6) is -2.81. The van der Waals surface area contributed by atoms with Gasteiger partial charge in [-0.15, -0.1) is 0 Å². The number of hydrogen-bond donors (Lipinski definition) is 4. The fraction of sp³-hybridized carbons (Fsp3) is 0.407. The molecule has 10 heteroatoms. The number of fused-ring (bicyclic) bond motifs is 2. The van der Waals surface area contributed by atoms with Crippen LogP contribution in [0.25, 0.3) is 21.5 Å². The fourth-order valence-corrected chi connectivity index (χ4v) is 4.38. The number of hydrogen-bond acceptors (Lipinski definition) is 5. The first-order valence-electron chi connectivity index (χ1n) is 12.2. The van der Waals surface area contributed by atoms with Crippen LogP contribution >= 0.6 is 11.6 Å². The number of nitrogens with one attached hydrogen (secondary N) is 1. The van der Waals surface area contributed by atoms with E-state index in [0.29, 0.717) is 23.6 Å². The number of Topliss-reactive ketones (excluding diaryl/α,β-unsaturated/α-hetero) is 1. The minimum absolute atomic E-state index is 0.0558. The highest BCUT2D eigenvalue weighted by atomic mass is 35.5. The maximum absolute atomic E-state index is 13.2. The van der Waals surface area contributed by atoms with Crippen LogP contribution in [0.3, 0.4) is 0 Å². The van der Waals surface area contributed by atoms with E-state index < -0.39 is 18.2 Å². The third-order valence-corrected chi connectivity index (χ3v) is 6.31. The number of rotatable bonds is 11. The Labute approximate surface area is 219 Å². The lowest BCUT2D eigenvalue weighted by molar-refractivity contribution is -0.192. The van der Waals surface area contributed by atoms with E-state index in [1.165, 1.54) is 5.56 Å². The zero-order valence-corrected chi connectivity index (χ0v) is 21.5. The Bertz CT molecular complexity index is 1220. The third kappa shape index (κ3) is 8.13. The highest BCUT2D eigenvalue weighted by Crippen LogP contribution is 2.38. The lowest BCUT2D eigenvalue weighted by Gasteiger charge is -2.18. The molecule has 0 heterocycles. The number of carboxylic acids is 1. The summed E-state index contributed by atoms with van der Waals surface area (Å²) in [6.07, 6.45) is -0.462. The van der Waals surface area contributed by atoms with Crippen LogP contribution < -0.4 is 16.8 Å². The lowest BCUT2D eigenvalue weighted by atomic mass is 9.90. The molecular weight excluding hydrogens is 507 g/mol. The number of unbranched alkanes of at least 4 members (excludes halogenated alkanes) is 2. The normalized spacial score (nSPS) is 12.3. The first-order valence-corrected chi connectivity index (χ1v) is 12.5. The molecule has 0 aliphatic heterocycles. The maximum Gasteiger partial charge on any atom is 0.490 e. The van der Waals surface area contributed by atoms with Gasteiger partial charge in [0.1, 0.15) is 0 Å². The van der Waals surface area contributed by atoms with Crippen LogP contribution in [0.15, 0.2) is 42.5 Å². The minimum atomic E-state index is -5.08. The summed E-state index contributed by atoms with van der Waals surface area (Å²) in [6.45, 7) is 4.48. The smallest absolute Gasteiger partial charge is 0.475 e. The number of nitrogens with two attached hydrogens (primary N) is 2. The molecule has 0 saturated heterocycles. The molecule has 0 unspecified atom stereocenters. The number of halogens is 4. The summed E-state index contributed by atoms with van der Waals surface area (Å²) in [6, 6.07) is 13.4. The molecule has 1 atom stereocenters. The van der Waals surface area contributed by atoms with Gasteiger partial charge < -0.3 is 21.9 Å². The van der Waals surface area contributed by atoms with Gasteiger partial charge in [-0.05, 0) is 48.7 Å². The Morgan fingerprint density at radius 1 is 1.03 bits per heavy atom. The summed E-state index contributed by atoms with van der Waals surface area (Å²) in [5, 5.41) is 15.2. The van der Waals surface area contributed by atoms with Crippen molar-refractivity contribution in [3.8, 4) is 0 Å². The van der Waals surface area contributed by atoms with Crippen LogP contribution in [0, 0.1) is 0 Å². The minimum Gasteiger partial charge on any atom is -0.475 e. The standard InChI is InChI=1S/C25H32ClN3O.C2HF3O2/c1-2-3-15-29-16-21-17-9-4-5-10-19(17)24(26)23-18(21)11-8-12-20(23)25(30)22(28)13-6-7-14-27;3-2(4,5)1(6)7/h4-5,8-12,22,29H,2-3,6-7,13-16,27-28H2,1H3;(H,6,7)/t22-;/m0./s1. The number of carboxylic acid groups (broad SMARTS) is 1. The second kappa shape index (κ2) is 14.3. The zero-order valence-electron chi connectivity index (χ0n) is 20.7. The van der Waals surface area contributed by atoms with E-state index in [1.807, 2.05) is 30.3 Å². The molecule has 0 saturated carbocycles. The van der Waals surface area contributed by atoms with E-state index in [4.69, 9.17) is 33.0 Å². The maximum atomic E-state index is 13.2. The molecule has 6 N–H and O–H groups in total. The molecule has 3 aromatic rings. The van der Waals surface area contributed by atoms with E-state index in [-0.39, 0.29) is 5.78 Å². The SMILES string of the molecule is CCCCNCc1c2ccccc2c(Cl)c2c(C(=O)[C@@H](N)CCCCN)cccc12.O=C(O)C(F)(F)F. The van der Waals surface area contributed by atoms with Gasteiger partial charge in [0, 0.05) is 22.9 Å². The average Bonchev–Trinajstić information content (AvgIpc) is 2.87. The average molecular weight is 540 g/mol. The Balaban J connectivity index is 0.000000604. The first kappa shape index (κ1) is 30.5. The van der Waals surface area contributed by atoms with Crippen molar-refractivity contribution < 1.29 is 27.9 Å². The van der Waals surface area contributed by atoms with Crippen molar-refractivity contribution in [3.05, 3.63) is 58.6 Å². The van der Waals surface area contributed by atoms with E-state index in [0.717, 1.165) is 60.3 Å². The molecule has 0 aliphatic rings. The van der Waals surface area contributed by atoms with Gasteiger partial charge in [-0.1, -0.05) is 73.8 Å². The molecule has 202 valence electrons. The Hall–Kier alpha value is -2.72. The van der Waals surface area contributed by atoms with Gasteiger partial charge in [0.25, 0.3) is 0 Å². The highest BCUT2D eigenvalue weighted by molar-refractivity contribution is 6.42. The van der Waals surface area contributed by atoms with Crippen LogP contribution in [-0.4, -0.2) is 42.2 Å². The second-order valence-electron chi connectivity index (χ2n) is 8.65. The molecule has 0 fully saturated rings. The van der Waals surface area contributed by atoms with Gasteiger partial charge in [-0.3, -0.25) is 4.79 Å². The topological polar surface area (TPSA) is 118 Å². The van der Waals surface area contributed by atoms with Crippen molar-refractivity contribution in [1.82, 2.24) is 5.32 Å². The third-order valence-electron chi connectivity index (χ3n) is 5.92. The van der Waals surface area contributed by atoms with Crippen molar-refractivity contribution in [1.29, 1.82) is 0 Å². The number of aliphatic carboxylic acids is 1. The number of benzene rings is 3. The van der Waals surface area contributed by atoms with Gasteiger partial charge >= 0.3 is 12.1 Å². The highest BCUT2D eigenvalue weighted by Gasteiger charge is 2.38. The monoisotopic (exact) mass is 539 g/mol. The van der Waals surface area contributed by atoms with E-state index in [1.54, 1.807) is 0 Å². The molecule has 37 heavy (non-hydrogen) atoms. The van der Waals surface area contributed by atoms with Crippen LogP contribution in [0.4, 0.5) is 13.2 Å². The molecule has 3 aromatic carbocycles. The van der Waals surface area contributed by atoms with Crippen LogP contribution in [0.1, 0.15) is 54.9 Å². The van der Waals surface area contributed by atoms with Crippen molar-refractivity contribution in [2.24, 2.45) is 11.5 Å². The molecule has 0 spiro atoms. The van der Waals surface area contributed by atoms with E-state index in [2.05, 4.69) is 24.4 Å².